The van der Waals surface area contributed by atoms with Crippen molar-refractivity contribution >= 4 is 11.8 Å². The first-order valence-electron chi connectivity index (χ1n) is 20.3. The molecule has 1 saturated heterocycles. The van der Waals surface area contributed by atoms with Crippen LogP contribution in [0.1, 0.15) is 181 Å². The maximum Gasteiger partial charge on any atom is 0.244 e. The fourth-order valence-electron chi connectivity index (χ4n) is 6.45. The van der Waals surface area contributed by atoms with Gasteiger partial charge in [0.2, 0.25) is 11.8 Å². The molecule has 0 aromatic carbocycles. The summed E-state index contributed by atoms with van der Waals surface area (Å²) >= 11 is 0. The Morgan fingerprint density at radius 3 is 1.49 bits per heavy atom. The Morgan fingerprint density at radius 1 is 0.612 bits per heavy atom. The first-order valence-corrected chi connectivity index (χ1v) is 20.3. The molecule has 0 aromatic heterocycles. The SMILES string of the molecule is CCCCCCCCCCCCCCCC(=O)N[C@@H](CO[C@@H]1O[C@H](CO)[C@H](O)[C@H](O)[C@H]1O)C(=O)NCCCCCCCCCCCCCC. The van der Waals surface area contributed by atoms with E-state index < -0.39 is 43.4 Å². The number of carbonyl (C=O) groups excluding carboxylic acids is 2. The van der Waals surface area contributed by atoms with E-state index in [1.54, 1.807) is 0 Å². The topological polar surface area (TPSA) is 158 Å². The van der Waals surface area contributed by atoms with Crippen molar-refractivity contribution in [1.82, 2.24) is 10.6 Å². The molecular weight excluding hydrogens is 624 g/mol. The van der Waals surface area contributed by atoms with Crippen LogP contribution in [-0.2, 0) is 19.1 Å². The molecule has 10 nitrogen and oxygen atoms in total. The van der Waals surface area contributed by atoms with Gasteiger partial charge >= 0.3 is 0 Å². The van der Waals surface area contributed by atoms with Crippen molar-refractivity contribution in [3.8, 4) is 0 Å². The van der Waals surface area contributed by atoms with Gasteiger partial charge in [0.05, 0.1) is 13.2 Å². The number of aliphatic hydroxyl groups is 4. The highest BCUT2D eigenvalue weighted by atomic mass is 16.7. The molecule has 2 amide bonds. The average Bonchev–Trinajstić information content (AvgIpc) is 3.10. The number of aliphatic hydroxyl groups excluding tert-OH is 4. The number of rotatable bonds is 33. The van der Waals surface area contributed by atoms with Gasteiger partial charge in [-0.1, -0.05) is 162 Å². The van der Waals surface area contributed by atoms with E-state index in [1.807, 2.05) is 0 Å². The van der Waals surface area contributed by atoms with Crippen molar-refractivity contribution in [2.45, 2.75) is 218 Å². The van der Waals surface area contributed by atoms with Crippen LogP contribution in [0.15, 0.2) is 0 Å². The predicted octanol–water partition coefficient (Wildman–Crippen LogP) is 6.59. The lowest BCUT2D eigenvalue weighted by atomic mass is 9.99. The van der Waals surface area contributed by atoms with E-state index in [4.69, 9.17) is 9.47 Å². The number of carbonyl (C=O) groups is 2. The zero-order chi connectivity index (χ0) is 36.0. The van der Waals surface area contributed by atoms with Gasteiger partial charge in [0.15, 0.2) is 6.29 Å². The summed E-state index contributed by atoms with van der Waals surface area (Å²) in [6, 6.07) is -1.01. The highest BCUT2D eigenvalue weighted by Crippen LogP contribution is 2.22. The summed E-state index contributed by atoms with van der Waals surface area (Å²) in [7, 11) is 0. The fraction of sp³-hybridized carbons (Fsp3) is 0.949. The lowest BCUT2D eigenvalue weighted by Gasteiger charge is -2.39. The summed E-state index contributed by atoms with van der Waals surface area (Å²) in [6.07, 6.45) is 23.7. The standard InChI is InChI=1S/C39H76N2O8/c1-3-5-7-9-11-13-15-17-18-20-22-24-26-28-34(43)41-32(31-48-39-37(46)36(45)35(44)33(30-42)49-39)38(47)40-29-27-25-23-21-19-16-14-12-10-8-6-4-2/h32-33,35-37,39,42,44-46H,3-31H2,1-2H3,(H,40,47)(H,41,43)/t32-,33+,35-,36-,37+,39+/m0/s1. The Balaban J connectivity index is 2.39. The first kappa shape index (κ1) is 45.7. The molecule has 0 radical (unpaired) electrons. The number of hydrogen-bond acceptors (Lipinski definition) is 8. The van der Waals surface area contributed by atoms with Crippen LogP contribution < -0.4 is 10.6 Å². The summed E-state index contributed by atoms with van der Waals surface area (Å²) in [5, 5.41) is 45.7. The van der Waals surface area contributed by atoms with Crippen LogP contribution >= 0.6 is 0 Å². The third-order valence-electron chi connectivity index (χ3n) is 9.76. The number of hydrogen-bond donors (Lipinski definition) is 6. The Hall–Kier alpha value is -1.30. The largest absolute Gasteiger partial charge is 0.394 e. The molecule has 0 aliphatic carbocycles. The van der Waals surface area contributed by atoms with Crippen molar-refractivity contribution in [3.05, 3.63) is 0 Å². The van der Waals surface area contributed by atoms with Crippen molar-refractivity contribution in [2.24, 2.45) is 0 Å². The van der Waals surface area contributed by atoms with Crippen LogP contribution in [0.4, 0.5) is 0 Å². The van der Waals surface area contributed by atoms with Crippen LogP contribution in [0.5, 0.6) is 0 Å². The smallest absolute Gasteiger partial charge is 0.244 e. The van der Waals surface area contributed by atoms with Crippen LogP contribution in [0.3, 0.4) is 0 Å². The molecule has 10 heteroatoms. The van der Waals surface area contributed by atoms with Gasteiger partial charge < -0.3 is 40.5 Å². The van der Waals surface area contributed by atoms with E-state index in [0.717, 1.165) is 38.5 Å². The van der Waals surface area contributed by atoms with Gasteiger partial charge in [0.25, 0.3) is 0 Å². The maximum absolute atomic E-state index is 13.1. The Bertz CT molecular complexity index is 786. The zero-order valence-corrected chi connectivity index (χ0v) is 31.4. The maximum atomic E-state index is 13.1. The highest BCUT2D eigenvalue weighted by molar-refractivity contribution is 5.87. The average molecular weight is 701 g/mol. The molecule has 1 aliphatic heterocycles. The van der Waals surface area contributed by atoms with Crippen molar-refractivity contribution in [2.75, 3.05) is 19.8 Å². The minimum atomic E-state index is -1.58. The molecule has 1 rings (SSSR count). The Morgan fingerprint density at radius 2 is 1.04 bits per heavy atom. The first-order chi connectivity index (χ1) is 23.8. The van der Waals surface area contributed by atoms with E-state index >= 15 is 0 Å². The third kappa shape index (κ3) is 23.0. The molecule has 6 atom stereocenters. The van der Waals surface area contributed by atoms with Crippen molar-refractivity contribution in [1.29, 1.82) is 0 Å². The normalized spacial score (nSPS) is 21.5. The fourth-order valence-corrected chi connectivity index (χ4v) is 6.45. The number of unbranched alkanes of at least 4 members (excludes halogenated alkanes) is 23. The van der Waals surface area contributed by atoms with Gasteiger partial charge in [-0.15, -0.1) is 0 Å². The van der Waals surface area contributed by atoms with Crippen LogP contribution in [0.25, 0.3) is 0 Å². The van der Waals surface area contributed by atoms with E-state index in [-0.39, 0.29) is 18.4 Å². The van der Waals surface area contributed by atoms with Gasteiger partial charge in [-0.2, -0.15) is 0 Å². The molecule has 1 aliphatic rings. The highest BCUT2D eigenvalue weighted by Gasteiger charge is 2.44. The van der Waals surface area contributed by atoms with Gasteiger partial charge in [-0.05, 0) is 12.8 Å². The van der Waals surface area contributed by atoms with Crippen LogP contribution in [0, 0.1) is 0 Å². The van der Waals surface area contributed by atoms with E-state index in [0.29, 0.717) is 13.0 Å². The summed E-state index contributed by atoms with van der Waals surface area (Å²) in [6.45, 7) is 4.10. The molecular formula is C39H76N2O8. The van der Waals surface area contributed by atoms with Gasteiger partial charge in [-0.25, -0.2) is 0 Å². The van der Waals surface area contributed by atoms with Gasteiger partial charge in [0, 0.05) is 13.0 Å². The number of nitrogens with one attached hydrogen (secondary N) is 2. The van der Waals surface area contributed by atoms with Crippen molar-refractivity contribution < 1.29 is 39.5 Å². The lowest BCUT2D eigenvalue weighted by Crippen LogP contribution is -2.60. The minimum Gasteiger partial charge on any atom is -0.394 e. The zero-order valence-electron chi connectivity index (χ0n) is 31.4. The minimum absolute atomic E-state index is 0.244. The summed E-state index contributed by atoms with van der Waals surface area (Å²) in [5.74, 6) is -0.627. The molecule has 0 aromatic rings. The monoisotopic (exact) mass is 701 g/mol. The molecule has 1 heterocycles. The second kappa shape index (κ2) is 31.4. The lowest BCUT2D eigenvalue weighted by molar-refractivity contribution is -0.301. The van der Waals surface area contributed by atoms with Crippen LogP contribution in [-0.4, -0.2) is 88.7 Å². The molecule has 0 saturated carbocycles. The number of ether oxygens (including phenoxy) is 2. The van der Waals surface area contributed by atoms with Gasteiger partial charge in [-0.3, -0.25) is 9.59 Å². The predicted molar refractivity (Wildman–Crippen MR) is 196 cm³/mol. The van der Waals surface area contributed by atoms with Gasteiger partial charge in [0.1, 0.15) is 30.5 Å². The van der Waals surface area contributed by atoms with Crippen LogP contribution in [0.2, 0.25) is 0 Å². The van der Waals surface area contributed by atoms with E-state index in [2.05, 4.69) is 24.5 Å². The van der Waals surface area contributed by atoms with E-state index in [1.165, 1.54) is 122 Å². The quantitative estimate of drug-likeness (QED) is 0.0419. The van der Waals surface area contributed by atoms with E-state index in [9.17, 15) is 30.0 Å². The third-order valence-corrected chi connectivity index (χ3v) is 9.76. The molecule has 0 bridgehead atoms. The second-order valence-corrected chi connectivity index (χ2v) is 14.3. The number of amides is 2. The second-order valence-electron chi connectivity index (χ2n) is 14.3. The summed E-state index contributed by atoms with van der Waals surface area (Å²) in [5.41, 5.74) is 0. The molecule has 49 heavy (non-hydrogen) atoms. The molecule has 0 spiro atoms. The van der Waals surface area contributed by atoms with Crippen molar-refractivity contribution in [3.63, 3.8) is 0 Å². The molecule has 6 N–H and O–H groups in total. The molecule has 0 unspecified atom stereocenters. The summed E-state index contributed by atoms with van der Waals surface area (Å²) in [4.78, 5) is 25.9. The Labute approximate surface area is 298 Å². The molecule has 1 fully saturated rings. The Kier molecular flexibility index (Phi) is 29.3. The molecule has 290 valence electrons. The summed E-state index contributed by atoms with van der Waals surface area (Å²) < 4.78 is 11.1.